The molecule has 0 aromatic carbocycles. The predicted octanol–water partition coefficient (Wildman–Crippen LogP) is 4.36. The van der Waals surface area contributed by atoms with E-state index < -0.39 is 0 Å². The van der Waals surface area contributed by atoms with E-state index in [2.05, 4.69) is 0 Å². The summed E-state index contributed by atoms with van der Waals surface area (Å²) in [5, 5.41) is 0. The van der Waals surface area contributed by atoms with Gasteiger partial charge in [-0.1, -0.05) is 57.8 Å². The largest absolute Gasteiger partial charge is 0.342 e. The third-order valence-corrected chi connectivity index (χ3v) is 4.36. The Morgan fingerprint density at radius 3 is 1.72 bits per heavy atom. The van der Waals surface area contributed by atoms with Gasteiger partial charge < -0.3 is 4.90 Å². The molecule has 1 aliphatic rings. The van der Waals surface area contributed by atoms with Crippen LogP contribution in [-0.2, 0) is 4.79 Å². The lowest BCUT2D eigenvalue weighted by Crippen LogP contribution is -2.37. The minimum Gasteiger partial charge on any atom is -0.342 e. The molecule has 0 aromatic heterocycles. The molecule has 1 aliphatic carbocycles. The molecule has 1 amide bonds. The lowest BCUT2D eigenvalue weighted by Gasteiger charge is -2.28. The van der Waals surface area contributed by atoms with E-state index in [4.69, 9.17) is 11.6 Å². The molecular formula is C15H28ClNO. The number of nitrogens with zero attached hydrogens (tertiary/aromatic N) is 1. The molecule has 0 atom stereocenters. The van der Waals surface area contributed by atoms with Gasteiger partial charge in [0.1, 0.15) is 5.88 Å². The second kappa shape index (κ2) is 9.66. The highest BCUT2D eigenvalue weighted by molar-refractivity contribution is 6.27. The smallest absolute Gasteiger partial charge is 0.237 e. The van der Waals surface area contributed by atoms with Gasteiger partial charge in [0.25, 0.3) is 0 Å². The van der Waals surface area contributed by atoms with Crippen molar-refractivity contribution in [2.75, 3.05) is 12.9 Å². The Bertz CT molecular complexity index is 221. The molecule has 1 fully saturated rings. The molecule has 2 nitrogen and oxygen atoms in total. The first-order valence-corrected chi connectivity index (χ1v) is 8.10. The number of rotatable bonds is 2. The summed E-state index contributed by atoms with van der Waals surface area (Å²) in [6.45, 7) is 0. The molecule has 0 radical (unpaired) electrons. The van der Waals surface area contributed by atoms with Crippen molar-refractivity contribution in [2.45, 2.75) is 76.7 Å². The normalized spacial score (nSPS) is 20.8. The fourth-order valence-corrected chi connectivity index (χ4v) is 3.02. The van der Waals surface area contributed by atoms with Crippen LogP contribution in [0.3, 0.4) is 0 Å². The van der Waals surface area contributed by atoms with Crippen molar-refractivity contribution >= 4 is 17.5 Å². The van der Waals surface area contributed by atoms with Gasteiger partial charge in [-0.05, 0) is 12.8 Å². The van der Waals surface area contributed by atoms with Crippen molar-refractivity contribution in [1.29, 1.82) is 0 Å². The van der Waals surface area contributed by atoms with Crippen LogP contribution in [0.4, 0.5) is 0 Å². The second-order valence-corrected chi connectivity index (χ2v) is 5.82. The topological polar surface area (TPSA) is 20.3 Å². The third kappa shape index (κ3) is 6.08. The molecule has 1 saturated carbocycles. The van der Waals surface area contributed by atoms with Gasteiger partial charge in [-0.15, -0.1) is 11.6 Å². The Kier molecular flexibility index (Phi) is 8.49. The van der Waals surface area contributed by atoms with Crippen LogP contribution in [0.2, 0.25) is 0 Å². The lowest BCUT2D eigenvalue weighted by molar-refractivity contribution is -0.129. The predicted molar refractivity (Wildman–Crippen MR) is 78.1 cm³/mol. The van der Waals surface area contributed by atoms with Crippen molar-refractivity contribution in [3.05, 3.63) is 0 Å². The number of amides is 1. The monoisotopic (exact) mass is 273 g/mol. The summed E-state index contributed by atoms with van der Waals surface area (Å²) >= 11 is 5.65. The van der Waals surface area contributed by atoms with E-state index in [0.717, 1.165) is 12.8 Å². The van der Waals surface area contributed by atoms with E-state index in [-0.39, 0.29) is 11.8 Å². The Hall–Kier alpha value is -0.240. The first-order valence-electron chi connectivity index (χ1n) is 7.57. The zero-order valence-electron chi connectivity index (χ0n) is 11.8. The number of alkyl halides is 1. The minimum absolute atomic E-state index is 0.0776. The lowest BCUT2D eigenvalue weighted by atomic mass is 9.97. The molecular weight excluding hydrogens is 246 g/mol. The summed E-state index contributed by atoms with van der Waals surface area (Å²) in [5.74, 6) is 0.196. The van der Waals surface area contributed by atoms with E-state index in [1.165, 1.54) is 57.8 Å². The summed E-state index contributed by atoms with van der Waals surface area (Å²) < 4.78 is 0. The van der Waals surface area contributed by atoms with Gasteiger partial charge in [-0.25, -0.2) is 0 Å². The van der Waals surface area contributed by atoms with Crippen LogP contribution in [-0.4, -0.2) is 29.8 Å². The molecule has 3 heteroatoms. The Morgan fingerprint density at radius 2 is 1.33 bits per heavy atom. The van der Waals surface area contributed by atoms with Crippen molar-refractivity contribution in [3.63, 3.8) is 0 Å². The van der Waals surface area contributed by atoms with Crippen LogP contribution in [0.1, 0.15) is 70.6 Å². The summed E-state index contributed by atoms with van der Waals surface area (Å²) in [7, 11) is 1.92. The molecule has 1 rings (SSSR count). The molecule has 0 N–H and O–H groups in total. The Labute approximate surface area is 117 Å². The Morgan fingerprint density at radius 1 is 0.944 bits per heavy atom. The maximum absolute atomic E-state index is 11.7. The van der Waals surface area contributed by atoms with Crippen LogP contribution < -0.4 is 0 Å². The summed E-state index contributed by atoms with van der Waals surface area (Å²) in [4.78, 5) is 13.6. The molecule has 18 heavy (non-hydrogen) atoms. The number of carbonyl (C=O) groups excluding carboxylic acids is 1. The maximum atomic E-state index is 11.7. The molecule has 0 unspecified atom stereocenters. The highest BCUT2D eigenvalue weighted by atomic mass is 35.5. The molecule has 0 aliphatic heterocycles. The minimum atomic E-state index is 0.0776. The third-order valence-electron chi connectivity index (χ3n) is 4.13. The Balaban J connectivity index is 2.42. The standard InChI is InChI=1S/C15H28ClNO/c1-17(15(18)13-16)14-11-9-7-5-3-2-4-6-8-10-12-14/h14H,2-13H2,1H3. The molecule has 0 heterocycles. The SMILES string of the molecule is CN(C(=O)CCl)C1CCCCCCCCCCC1. The summed E-state index contributed by atoms with van der Waals surface area (Å²) in [6, 6.07) is 0.413. The number of hydrogen-bond donors (Lipinski definition) is 0. The van der Waals surface area contributed by atoms with Gasteiger partial charge in [0.2, 0.25) is 5.91 Å². The number of hydrogen-bond acceptors (Lipinski definition) is 1. The fourth-order valence-electron chi connectivity index (χ4n) is 2.83. The van der Waals surface area contributed by atoms with Gasteiger partial charge in [-0.3, -0.25) is 4.79 Å². The van der Waals surface area contributed by atoms with Crippen molar-refractivity contribution < 1.29 is 4.79 Å². The van der Waals surface area contributed by atoms with E-state index >= 15 is 0 Å². The quantitative estimate of drug-likeness (QED) is 0.685. The fraction of sp³-hybridized carbons (Fsp3) is 0.933. The zero-order valence-corrected chi connectivity index (χ0v) is 12.6. The van der Waals surface area contributed by atoms with Crippen LogP contribution >= 0.6 is 11.6 Å². The average molecular weight is 274 g/mol. The molecule has 106 valence electrons. The van der Waals surface area contributed by atoms with Gasteiger partial charge in [0.15, 0.2) is 0 Å². The van der Waals surface area contributed by atoms with E-state index in [9.17, 15) is 4.79 Å². The van der Waals surface area contributed by atoms with Gasteiger partial charge in [0, 0.05) is 13.1 Å². The van der Waals surface area contributed by atoms with Crippen LogP contribution in [0.15, 0.2) is 0 Å². The number of carbonyl (C=O) groups is 1. The highest BCUT2D eigenvalue weighted by Gasteiger charge is 2.18. The van der Waals surface area contributed by atoms with Crippen molar-refractivity contribution in [3.8, 4) is 0 Å². The van der Waals surface area contributed by atoms with Crippen molar-refractivity contribution in [2.24, 2.45) is 0 Å². The average Bonchev–Trinajstić information content (AvgIpc) is 2.37. The van der Waals surface area contributed by atoms with Gasteiger partial charge in [0.05, 0.1) is 0 Å². The zero-order chi connectivity index (χ0) is 13.2. The first kappa shape index (κ1) is 15.8. The molecule has 0 saturated heterocycles. The highest BCUT2D eigenvalue weighted by Crippen LogP contribution is 2.19. The van der Waals surface area contributed by atoms with Crippen LogP contribution in [0.5, 0.6) is 0 Å². The van der Waals surface area contributed by atoms with Gasteiger partial charge >= 0.3 is 0 Å². The molecule has 0 spiro atoms. The van der Waals surface area contributed by atoms with E-state index in [1.54, 1.807) is 0 Å². The second-order valence-electron chi connectivity index (χ2n) is 5.55. The molecule has 0 bridgehead atoms. The van der Waals surface area contributed by atoms with E-state index in [1.807, 2.05) is 11.9 Å². The van der Waals surface area contributed by atoms with Crippen molar-refractivity contribution in [1.82, 2.24) is 4.90 Å². The number of halogens is 1. The van der Waals surface area contributed by atoms with Gasteiger partial charge in [-0.2, -0.15) is 0 Å². The first-order chi connectivity index (χ1) is 8.75. The van der Waals surface area contributed by atoms with Crippen LogP contribution in [0.25, 0.3) is 0 Å². The van der Waals surface area contributed by atoms with E-state index in [0.29, 0.717) is 6.04 Å². The maximum Gasteiger partial charge on any atom is 0.237 e. The molecule has 0 aromatic rings. The summed E-state index contributed by atoms with van der Waals surface area (Å²) in [6.07, 6.45) is 14.4. The van der Waals surface area contributed by atoms with Crippen LogP contribution in [0, 0.1) is 0 Å². The summed E-state index contributed by atoms with van der Waals surface area (Å²) in [5.41, 5.74) is 0.